The third-order valence-corrected chi connectivity index (χ3v) is 5.42. The summed E-state index contributed by atoms with van der Waals surface area (Å²) in [6, 6.07) is 11.7. The minimum absolute atomic E-state index is 0.132. The molecule has 1 heterocycles. The predicted molar refractivity (Wildman–Crippen MR) is 97.7 cm³/mol. The van der Waals surface area contributed by atoms with Crippen molar-refractivity contribution in [2.24, 2.45) is 0 Å². The normalized spacial score (nSPS) is 18.8. The Balaban J connectivity index is 2.08. The van der Waals surface area contributed by atoms with E-state index >= 15 is 0 Å². The van der Waals surface area contributed by atoms with E-state index in [1.165, 1.54) is 5.56 Å². The van der Waals surface area contributed by atoms with Crippen LogP contribution in [-0.2, 0) is 6.42 Å². The zero-order valence-electron chi connectivity index (χ0n) is 14.1. The molecule has 0 saturated carbocycles. The molecule has 1 aliphatic rings. The molecule has 0 fully saturated rings. The van der Waals surface area contributed by atoms with Crippen molar-refractivity contribution < 1.29 is 14.6 Å². The number of nitrogens with zero attached hydrogens (tertiary/aromatic N) is 1. The van der Waals surface area contributed by atoms with Crippen molar-refractivity contribution in [2.75, 3.05) is 27.8 Å². The lowest BCUT2D eigenvalue weighted by Gasteiger charge is -2.38. The van der Waals surface area contributed by atoms with Crippen molar-refractivity contribution in [1.29, 1.82) is 0 Å². The van der Waals surface area contributed by atoms with E-state index in [1.807, 2.05) is 43.4 Å². The number of methoxy groups -OCH3 is 2. The number of fused-ring (bicyclic) bond motifs is 1. The lowest BCUT2D eigenvalue weighted by molar-refractivity contribution is 0.0553. The monoisotopic (exact) mass is 391 g/mol. The van der Waals surface area contributed by atoms with Crippen LogP contribution < -0.4 is 9.47 Å². The Morgan fingerprint density at radius 1 is 1.17 bits per heavy atom. The first kappa shape index (κ1) is 17.3. The van der Waals surface area contributed by atoms with Crippen molar-refractivity contribution in [3.05, 3.63) is 57.6 Å². The number of rotatable bonds is 4. The average molecular weight is 392 g/mol. The number of aliphatic hydroxyl groups is 1. The van der Waals surface area contributed by atoms with Crippen molar-refractivity contribution >= 4 is 15.9 Å². The SMILES string of the molecule is COc1cc2c(cc1OC)[C@@H]([C@@H](O)c1ccccc1Br)N(C)CC2. The van der Waals surface area contributed by atoms with Gasteiger partial charge < -0.3 is 14.6 Å². The summed E-state index contributed by atoms with van der Waals surface area (Å²) in [7, 11) is 5.33. The Hall–Kier alpha value is -1.56. The minimum atomic E-state index is -0.636. The lowest BCUT2D eigenvalue weighted by Crippen LogP contribution is -2.36. The Morgan fingerprint density at radius 3 is 2.50 bits per heavy atom. The highest BCUT2D eigenvalue weighted by Crippen LogP contribution is 2.43. The fraction of sp³-hybridized carbons (Fsp3) is 0.368. The molecule has 5 heteroatoms. The second-order valence-corrected chi connectivity index (χ2v) is 6.90. The van der Waals surface area contributed by atoms with Gasteiger partial charge in [0.25, 0.3) is 0 Å². The smallest absolute Gasteiger partial charge is 0.161 e. The predicted octanol–water partition coefficient (Wildman–Crippen LogP) is 3.73. The molecule has 0 aromatic heterocycles. The van der Waals surface area contributed by atoms with Crippen molar-refractivity contribution in [2.45, 2.75) is 18.6 Å². The zero-order chi connectivity index (χ0) is 17.3. The summed E-state index contributed by atoms with van der Waals surface area (Å²) in [5, 5.41) is 11.1. The molecule has 1 N–H and O–H groups in total. The summed E-state index contributed by atoms with van der Waals surface area (Å²) in [5.74, 6) is 1.42. The van der Waals surface area contributed by atoms with Crippen molar-refractivity contribution in [3.8, 4) is 11.5 Å². The number of halogens is 1. The van der Waals surface area contributed by atoms with Crippen LogP contribution in [0.4, 0.5) is 0 Å². The van der Waals surface area contributed by atoms with Crippen LogP contribution in [0.15, 0.2) is 40.9 Å². The second kappa shape index (κ2) is 7.13. The molecule has 2 atom stereocenters. The lowest BCUT2D eigenvalue weighted by atomic mass is 9.87. The molecule has 24 heavy (non-hydrogen) atoms. The quantitative estimate of drug-likeness (QED) is 0.861. The third kappa shape index (κ3) is 3.04. The van der Waals surface area contributed by atoms with E-state index in [2.05, 4.69) is 20.8 Å². The van der Waals surface area contributed by atoms with E-state index in [4.69, 9.17) is 9.47 Å². The summed E-state index contributed by atoms with van der Waals surface area (Å²) in [5.41, 5.74) is 3.17. The van der Waals surface area contributed by atoms with E-state index < -0.39 is 6.10 Å². The Bertz CT molecular complexity index is 735. The standard InChI is InChI=1S/C19H22BrNO3/c1-21-9-8-12-10-16(23-2)17(24-3)11-14(12)18(21)19(22)13-6-4-5-7-15(13)20/h4-7,10-11,18-19,22H,8-9H2,1-3H3/t18-,19-/m0/s1. The van der Waals surface area contributed by atoms with Gasteiger partial charge in [-0.15, -0.1) is 0 Å². The topological polar surface area (TPSA) is 41.9 Å². The van der Waals surface area contributed by atoms with Gasteiger partial charge in [0.2, 0.25) is 0 Å². The summed E-state index contributed by atoms with van der Waals surface area (Å²) < 4.78 is 11.8. The molecular weight excluding hydrogens is 370 g/mol. The molecule has 0 radical (unpaired) electrons. The summed E-state index contributed by atoms with van der Waals surface area (Å²) in [4.78, 5) is 2.19. The summed E-state index contributed by atoms with van der Waals surface area (Å²) in [6.45, 7) is 0.884. The Labute approximate surface area is 151 Å². The largest absolute Gasteiger partial charge is 0.493 e. The van der Waals surface area contributed by atoms with Crippen molar-refractivity contribution in [3.63, 3.8) is 0 Å². The van der Waals surface area contributed by atoms with E-state index in [9.17, 15) is 5.11 Å². The summed E-state index contributed by atoms with van der Waals surface area (Å²) in [6.07, 6.45) is 0.286. The minimum Gasteiger partial charge on any atom is -0.493 e. The van der Waals surface area contributed by atoms with Gasteiger partial charge in [-0.05, 0) is 48.4 Å². The maximum Gasteiger partial charge on any atom is 0.161 e. The molecule has 0 amide bonds. The first-order valence-corrected chi connectivity index (χ1v) is 8.73. The number of aliphatic hydroxyl groups excluding tert-OH is 1. The van der Waals surface area contributed by atoms with Gasteiger partial charge in [-0.2, -0.15) is 0 Å². The van der Waals surface area contributed by atoms with Crippen LogP contribution in [0.5, 0.6) is 11.5 Å². The first-order chi connectivity index (χ1) is 11.6. The average Bonchev–Trinajstić information content (AvgIpc) is 2.60. The number of hydrogen-bond acceptors (Lipinski definition) is 4. The van der Waals surface area contributed by atoms with Gasteiger partial charge in [0.15, 0.2) is 11.5 Å². The highest BCUT2D eigenvalue weighted by molar-refractivity contribution is 9.10. The van der Waals surface area contributed by atoms with Crippen LogP contribution in [0.1, 0.15) is 28.8 Å². The molecule has 128 valence electrons. The van der Waals surface area contributed by atoms with Gasteiger partial charge in [-0.1, -0.05) is 34.1 Å². The van der Waals surface area contributed by atoms with Crippen LogP contribution in [0.3, 0.4) is 0 Å². The molecule has 0 saturated heterocycles. The van der Waals surface area contributed by atoms with Crippen LogP contribution >= 0.6 is 15.9 Å². The van der Waals surface area contributed by atoms with Gasteiger partial charge in [-0.25, -0.2) is 0 Å². The van der Waals surface area contributed by atoms with Crippen LogP contribution in [-0.4, -0.2) is 37.8 Å². The molecule has 0 unspecified atom stereocenters. The van der Waals surface area contributed by atoms with E-state index in [0.717, 1.165) is 34.3 Å². The molecule has 1 aliphatic heterocycles. The maximum absolute atomic E-state index is 11.1. The van der Waals surface area contributed by atoms with E-state index in [1.54, 1.807) is 14.2 Å². The summed E-state index contributed by atoms with van der Waals surface area (Å²) >= 11 is 3.55. The maximum atomic E-state index is 11.1. The Kier molecular flexibility index (Phi) is 5.13. The molecular formula is C19H22BrNO3. The highest BCUT2D eigenvalue weighted by atomic mass is 79.9. The fourth-order valence-corrected chi connectivity index (χ4v) is 3.92. The molecule has 4 nitrogen and oxygen atoms in total. The number of likely N-dealkylation sites (N-methyl/N-ethyl adjacent to an activating group) is 1. The molecule has 3 rings (SSSR count). The highest BCUT2D eigenvalue weighted by Gasteiger charge is 2.33. The van der Waals surface area contributed by atoms with E-state index in [-0.39, 0.29) is 6.04 Å². The van der Waals surface area contributed by atoms with Crippen molar-refractivity contribution in [1.82, 2.24) is 4.90 Å². The fourth-order valence-electron chi connectivity index (χ4n) is 3.40. The third-order valence-electron chi connectivity index (χ3n) is 4.70. The van der Waals surface area contributed by atoms with Gasteiger partial charge >= 0.3 is 0 Å². The van der Waals surface area contributed by atoms with Crippen LogP contribution in [0, 0.1) is 0 Å². The number of benzene rings is 2. The molecule has 2 aromatic carbocycles. The van der Waals surface area contributed by atoms with Gasteiger partial charge in [0.1, 0.15) is 0 Å². The Morgan fingerprint density at radius 2 is 1.83 bits per heavy atom. The van der Waals surface area contributed by atoms with Gasteiger partial charge in [0.05, 0.1) is 26.4 Å². The van der Waals surface area contributed by atoms with Gasteiger partial charge in [0, 0.05) is 11.0 Å². The zero-order valence-corrected chi connectivity index (χ0v) is 15.7. The first-order valence-electron chi connectivity index (χ1n) is 7.94. The molecule has 0 aliphatic carbocycles. The van der Waals surface area contributed by atoms with Crippen LogP contribution in [0.25, 0.3) is 0 Å². The second-order valence-electron chi connectivity index (χ2n) is 6.05. The number of ether oxygens (including phenoxy) is 2. The van der Waals surface area contributed by atoms with Crippen LogP contribution in [0.2, 0.25) is 0 Å². The molecule has 2 aromatic rings. The van der Waals surface area contributed by atoms with Gasteiger partial charge in [-0.3, -0.25) is 4.90 Å². The molecule has 0 spiro atoms. The number of hydrogen-bond donors (Lipinski definition) is 1. The molecule has 0 bridgehead atoms. The van der Waals surface area contributed by atoms with E-state index in [0.29, 0.717) is 5.75 Å².